The largest absolute Gasteiger partial charge is 0.394 e. The average Bonchev–Trinajstić information content (AvgIpc) is 2.03. The molecule has 1 N–H and O–H groups in total. The minimum Gasteiger partial charge on any atom is -0.394 e. The van der Waals surface area contributed by atoms with Crippen LogP contribution in [0.4, 0.5) is 0 Å². The van der Waals surface area contributed by atoms with Crippen molar-refractivity contribution in [1.82, 2.24) is 0 Å². The highest BCUT2D eigenvalue weighted by molar-refractivity contribution is 8.14. The Bertz CT molecular complexity index is 178. The van der Waals surface area contributed by atoms with Gasteiger partial charge in [-0.1, -0.05) is 25.6 Å². The van der Waals surface area contributed by atoms with Gasteiger partial charge in [-0.15, -0.1) is 0 Å². The molecule has 3 nitrogen and oxygen atoms in total. The van der Waals surface area contributed by atoms with Crippen LogP contribution in [0.2, 0.25) is 0 Å². The lowest BCUT2D eigenvalue weighted by molar-refractivity contribution is -0.113. The number of thioether (sulfide) groups is 1. The van der Waals surface area contributed by atoms with Crippen molar-refractivity contribution in [2.75, 3.05) is 19.8 Å². The number of hydrogen-bond acceptors (Lipinski definition) is 4. The number of ether oxygens (including phenoxy) is 1. The van der Waals surface area contributed by atoms with E-state index in [1.165, 1.54) is 11.8 Å². The van der Waals surface area contributed by atoms with Gasteiger partial charge in [0.25, 0.3) is 0 Å². The molecule has 0 amide bonds. The monoisotopic (exact) mass is 220 g/mol. The third-order valence-electron chi connectivity index (χ3n) is 1.53. The zero-order valence-electron chi connectivity index (χ0n) is 9.37. The van der Waals surface area contributed by atoms with Gasteiger partial charge in [0.15, 0.2) is 5.12 Å². The van der Waals surface area contributed by atoms with Crippen LogP contribution in [0.15, 0.2) is 0 Å². The SMILES string of the molecule is CC(C)C(=O)SC(C)(C)COCCO. The standard InChI is InChI=1S/C10H20O3S/c1-8(2)9(12)14-10(3,4)7-13-6-5-11/h8,11H,5-7H2,1-4H3. The number of carbonyl (C=O) groups is 1. The summed E-state index contributed by atoms with van der Waals surface area (Å²) in [7, 11) is 0. The van der Waals surface area contributed by atoms with E-state index in [0.717, 1.165) is 0 Å². The fraction of sp³-hybridized carbons (Fsp3) is 0.900. The fourth-order valence-corrected chi connectivity index (χ4v) is 1.72. The van der Waals surface area contributed by atoms with Crippen molar-refractivity contribution in [2.45, 2.75) is 32.4 Å². The molecule has 0 aliphatic rings. The van der Waals surface area contributed by atoms with Gasteiger partial charge in [0.05, 0.1) is 19.8 Å². The number of carbonyl (C=O) groups excluding carboxylic acids is 1. The topological polar surface area (TPSA) is 46.5 Å². The second-order valence-electron chi connectivity index (χ2n) is 4.11. The first-order valence-electron chi connectivity index (χ1n) is 4.80. The highest BCUT2D eigenvalue weighted by Gasteiger charge is 2.24. The maximum Gasteiger partial charge on any atom is 0.192 e. The van der Waals surface area contributed by atoms with Crippen LogP contribution in [0.1, 0.15) is 27.7 Å². The van der Waals surface area contributed by atoms with Gasteiger partial charge in [-0.3, -0.25) is 4.79 Å². The van der Waals surface area contributed by atoms with E-state index in [0.29, 0.717) is 13.2 Å². The van der Waals surface area contributed by atoms with Gasteiger partial charge in [0.2, 0.25) is 0 Å². The molecule has 0 aromatic carbocycles. The van der Waals surface area contributed by atoms with Crippen LogP contribution < -0.4 is 0 Å². The molecule has 0 rings (SSSR count). The van der Waals surface area contributed by atoms with E-state index in [4.69, 9.17) is 9.84 Å². The highest BCUT2D eigenvalue weighted by atomic mass is 32.2. The number of aliphatic hydroxyl groups excluding tert-OH is 1. The molecule has 0 aliphatic carbocycles. The van der Waals surface area contributed by atoms with E-state index in [9.17, 15) is 4.79 Å². The second-order valence-corrected chi connectivity index (χ2v) is 5.82. The summed E-state index contributed by atoms with van der Waals surface area (Å²) in [5.74, 6) is 0.0529. The summed E-state index contributed by atoms with van der Waals surface area (Å²) in [5, 5.41) is 8.72. The molecular formula is C10H20O3S. The quantitative estimate of drug-likeness (QED) is 0.692. The molecule has 0 atom stereocenters. The van der Waals surface area contributed by atoms with Gasteiger partial charge < -0.3 is 9.84 Å². The Morgan fingerprint density at radius 1 is 1.50 bits per heavy atom. The predicted molar refractivity (Wildman–Crippen MR) is 59.4 cm³/mol. The molecule has 0 fully saturated rings. The van der Waals surface area contributed by atoms with E-state index in [-0.39, 0.29) is 22.4 Å². The van der Waals surface area contributed by atoms with Gasteiger partial charge in [-0.05, 0) is 13.8 Å². The van der Waals surface area contributed by atoms with Crippen molar-refractivity contribution in [3.8, 4) is 0 Å². The summed E-state index contributed by atoms with van der Waals surface area (Å²) in [5.41, 5.74) is 0. The Morgan fingerprint density at radius 2 is 2.07 bits per heavy atom. The normalized spacial score (nSPS) is 12.1. The number of hydrogen-bond donors (Lipinski definition) is 1. The third-order valence-corrected chi connectivity index (χ3v) is 2.88. The van der Waals surface area contributed by atoms with Crippen LogP contribution in [0.3, 0.4) is 0 Å². The maximum absolute atomic E-state index is 11.4. The van der Waals surface area contributed by atoms with Crippen LogP contribution >= 0.6 is 11.8 Å². The molecule has 14 heavy (non-hydrogen) atoms. The third kappa shape index (κ3) is 6.40. The molecule has 0 aromatic heterocycles. The van der Waals surface area contributed by atoms with Crippen molar-refractivity contribution in [2.24, 2.45) is 5.92 Å². The summed E-state index contributed by atoms with van der Waals surface area (Å²) in [4.78, 5) is 11.4. The van der Waals surface area contributed by atoms with Gasteiger partial charge in [0, 0.05) is 10.7 Å². The molecule has 4 heteroatoms. The number of rotatable bonds is 6. The molecular weight excluding hydrogens is 200 g/mol. The van der Waals surface area contributed by atoms with Crippen LogP contribution in [-0.2, 0) is 9.53 Å². The fourth-order valence-electron chi connectivity index (χ4n) is 0.802. The van der Waals surface area contributed by atoms with Crippen LogP contribution in [0, 0.1) is 5.92 Å². The van der Waals surface area contributed by atoms with Crippen LogP contribution in [0.5, 0.6) is 0 Å². The molecule has 0 heterocycles. The first kappa shape index (κ1) is 13.9. The van der Waals surface area contributed by atoms with E-state index in [1.54, 1.807) is 0 Å². The van der Waals surface area contributed by atoms with Crippen LogP contribution in [-0.4, -0.2) is 34.8 Å². The average molecular weight is 220 g/mol. The van der Waals surface area contributed by atoms with E-state index < -0.39 is 0 Å². The second kappa shape index (κ2) is 6.43. The Morgan fingerprint density at radius 3 is 2.50 bits per heavy atom. The minimum absolute atomic E-state index is 0.0267. The van der Waals surface area contributed by atoms with Crippen molar-refractivity contribution < 1.29 is 14.6 Å². The molecule has 0 bridgehead atoms. The van der Waals surface area contributed by atoms with Crippen molar-refractivity contribution in [1.29, 1.82) is 0 Å². The molecule has 0 saturated heterocycles. The maximum atomic E-state index is 11.4. The first-order chi connectivity index (χ1) is 6.39. The zero-order chi connectivity index (χ0) is 11.2. The molecule has 0 saturated carbocycles. The molecule has 0 unspecified atom stereocenters. The van der Waals surface area contributed by atoms with Gasteiger partial charge in [-0.2, -0.15) is 0 Å². The summed E-state index contributed by atoms with van der Waals surface area (Å²) >= 11 is 1.31. The van der Waals surface area contributed by atoms with Crippen LogP contribution in [0.25, 0.3) is 0 Å². The Kier molecular flexibility index (Phi) is 6.40. The lowest BCUT2D eigenvalue weighted by atomic mass is 10.2. The van der Waals surface area contributed by atoms with Gasteiger partial charge in [0.1, 0.15) is 0 Å². The summed E-state index contributed by atoms with van der Waals surface area (Å²) in [6.07, 6.45) is 0. The Balaban J connectivity index is 3.87. The zero-order valence-corrected chi connectivity index (χ0v) is 10.2. The number of aliphatic hydroxyl groups is 1. The van der Waals surface area contributed by atoms with E-state index in [1.807, 2.05) is 27.7 Å². The summed E-state index contributed by atoms with van der Waals surface area (Å²) in [6, 6.07) is 0. The van der Waals surface area contributed by atoms with E-state index >= 15 is 0 Å². The van der Waals surface area contributed by atoms with Gasteiger partial charge >= 0.3 is 0 Å². The molecule has 84 valence electrons. The summed E-state index contributed by atoms with van der Waals surface area (Å²) < 4.78 is 4.99. The van der Waals surface area contributed by atoms with Crippen molar-refractivity contribution >= 4 is 16.9 Å². The minimum atomic E-state index is -0.212. The predicted octanol–water partition coefficient (Wildman–Crippen LogP) is 1.69. The smallest absolute Gasteiger partial charge is 0.192 e. The summed E-state index contributed by atoms with van der Waals surface area (Å²) in [6.45, 7) is 8.56. The molecule has 0 aromatic rings. The van der Waals surface area contributed by atoms with Gasteiger partial charge in [-0.25, -0.2) is 0 Å². The van der Waals surface area contributed by atoms with E-state index in [2.05, 4.69) is 0 Å². The Labute approximate surface area is 90.2 Å². The lowest BCUT2D eigenvalue weighted by Gasteiger charge is -2.23. The molecule has 0 aliphatic heterocycles. The van der Waals surface area contributed by atoms with Crippen molar-refractivity contribution in [3.05, 3.63) is 0 Å². The first-order valence-corrected chi connectivity index (χ1v) is 5.62. The van der Waals surface area contributed by atoms with Crippen molar-refractivity contribution in [3.63, 3.8) is 0 Å². The molecule has 0 spiro atoms. The lowest BCUT2D eigenvalue weighted by Crippen LogP contribution is -2.26. The Hall–Kier alpha value is -0.0600. The highest BCUT2D eigenvalue weighted by Crippen LogP contribution is 2.27. The molecule has 0 radical (unpaired) electrons.